The van der Waals surface area contributed by atoms with Crippen LogP contribution >= 0.6 is 0 Å². The number of anilines is 2. The van der Waals surface area contributed by atoms with Gasteiger partial charge in [-0.1, -0.05) is 45.1 Å². The zero-order valence-corrected chi connectivity index (χ0v) is 43.0. The summed E-state index contributed by atoms with van der Waals surface area (Å²) in [4.78, 5) is 62.3. The number of carbonyl (C=O) groups is 4. The van der Waals surface area contributed by atoms with E-state index in [4.69, 9.17) is 24.4 Å². The molecule has 2 saturated heterocycles. The predicted molar refractivity (Wildman–Crippen MR) is 282 cm³/mol. The fraction of sp³-hybridized carbons (Fsp3) is 0.429. The number of pyridine rings is 2. The molecule has 0 bridgehead atoms. The number of nitrogens with one attached hydrogen (secondary N) is 2. The van der Waals surface area contributed by atoms with Crippen molar-refractivity contribution in [3.8, 4) is 0 Å². The number of ether oxygens (including phenoxy) is 3. The van der Waals surface area contributed by atoms with E-state index in [0.717, 1.165) is 82.6 Å². The molecule has 0 spiro atoms. The number of amides is 4. The molecule has 4 aromatic heterocycles. The lowest BCUT2D eigenvalue weighted by molar-refractivity contribution is -0.0369. The van der Waals surface area contributed by atoms with E-state index < -0.39 is 11.7 Å². The lowest BCUT2D eigenvalue weighted by Crippen LogP contribution is -2.48. The van der Waals surface area contributed by atoms with Gasteiger partial charge in [-0.05, 0) is 148 Å². The van der Waals surface area contributed by atoms with Crippen LogP contribution in [0.1, 0.15) is 137 Å². The summed E-state index contributed by atoms with van der Waals surface area (Å²) in [5.41, 5.74) is 7.12. The molecule has 3 N–H and O–H groups in total. The first-order chi connectivity index (χ1) is 35.5. The van der Waals surface area contributed by atoms with Crippen LogP contribution in [0.25, 0.3) is 33.0 Å². The number of aromatic nitrogens is 6. The van der Waals surface area contributed by atoms with Crippen LogP contribution in [0.4, 0.5) is 21.0 Å². The first-order valence-corrected chi connectivity index (χ1v) is 25.6. The van der Waals surface area contributed by atoms with Crippen LogP contribution in [-0.2, 0) is 14.2 Å². The van der Waals surface area contributed by atoms with Crippen LogP contribution in [0.2, 0.25) is 0 Å². The number of carbonyl (C=O) groups excluding carboxylic acids is 3. The van der Waals surface area contributed by atoms with Gasteiger partial charge in [0.15, 0.2) is 23.8 Å². The molecule has 3 unspecified atom stereocenters. The third kappa shape index (κ3) is 11.8. The highest BCUT2D eigenvalue weighted by Crippen LogP contribution is 2.38. The Labute approximate surface area is 430 Å². The maximum Gasteiger partial charge on any atom is 0.410 e. The van der Waals surface area contributed by atoms with Crippen LogP contribution in [0.15, 0.2) is 97.6 Å². The first-order valence-electron chi connectivity index (χ1n) is 25.6. The van der Waals surface area contributed by atoms with Gasteiger partial charge in [-0.15, -0.1) is 0 Å². The van der Waals surface area contributed by atoms with Crippen molar-refractivity contribution < 1.29 is 38.5 Å². The minimum Gasteiger partial charge on any atom is -0.465 e. The highest BCUT2D eigenvalue weighted by Gasteiger charge is 2.37. The molecule has 4 amide bonds. The molecule has 4 aliphatic rings. The van der Waals surface area contributed by atoms with Crippen LogP contribution in [0.3, 0.4) is 0 Å². The zero-order chi connectivity index (χ0) is 52.1. The molecule has 0 aliphatic carbocycles. The third-order valence-corrected chi connectivity index (χ3v) is 13.7. The smallest absolute Gasteiger partial charge is 0.410 e. The van der Waals surface area contributed by atoms with Crippen LogP contribution in [0.5, 0.6) is 0 Å². The highest BCUT2D eigenvalue weighted by molar-refractivity contribution is 6.12. The van der Waals surface area contributed by atoms with Gasteiger partial charge in [0.2, 0.25) is 0 Å². The molecule has 18 heteroatoms. The summed E-state index contributed by atoms with van der Waals surface area (Å²) in [5.74, 6) is -0.582. The van der Waals surface area contributed by atoms with Crippen LogP contribution in [0, 0.1) is 5.41 Å². The molecule has 0 saturated carbocycles. The van der Waals surface area contributed by atoms with Crippen molar-refractivity contribution in [3.05, 3.63) is 120 Å². The summed E-state index contributed by atoms with van der Waals surface area (Å²) in [6, 6.07) is 18.9. The number of nitrogens with zero attached hydrogens (tertiary/aromatic N) is 8. The zero-order valence-electron chi connectivity index (χ0n) is 43.0. The fourth-order valence-electron chi connectivity index (χ4n) is 9.92. The number of fused-ring (bicyclic) bond motifs is 2. The lowest BCUT2D eigenvalue weighted by atomic mass is 9.79. The van der Waals surface area contributed by atoms with Crippen molar-refractivity contribution in [1.82, 2.24) is 39.3 Å². The fourth-order valence-corrected chi connectivity index (χ4v) is 9.92. The third-order valence-electron chi connectivity index (χ3n) is 13.7. The number of rotatable bonds is 8. The van der Waals surface area contributed by atoms with Gasteiger partial charge in [-0.3, -0.25) is 19.6 Å². The van der Waals surface area contributed by atoms with Gasteiger partial charge in [0.1, 0.15) is 5.60 Å². The molecule has 388 valence electrons. The molecule has 4 aliphatic heterocycles. The summed E-state index contributed by atoms with van der Waals surface area (Å²) >= 11 is 0. The Balaban J connectivity index is 0.000000182. The quantitative estimate of drug-likeness (QED) is 0.130. The molecule has 74 heavy (non-hydrogen) atoms. The lowest BCUT2D eigenvalue weighted by Gasteiger charge is -2.41. The Morgan fingerprint density at radius 2 is 1.16 bits per heavy atom. The monoisotopic (exact) mass is 1010 g/mol. The second kappa shape index (κ2) is 22.0. The second-order valence-corrected chi connectivity index (χ2v) is 21.2. The topological polar surface area (TPSA) is 208 Å². The summed E-state index contributed by atoms with van der Waals surface area (Å²) < 4.78 is 21.2. The maximum atomic E-state index is 13.4. The van der Waals surface area contributed by atoms with Crippen molar-refractivity contribution in [1.29, 1.82) is 0 Å². The number of carboxylic acid groups (broad SMARTS) is 1. The normalized spacial score (nSPS) is 19.5. The highest BCUT2D eigenvalue weighted by atomic mass is 16.6. The van der Waals surface area contributed by atoms with E-state index >= 15 is 0 Å². The minimum atomic E-state index is -0.908. The van der Waals surface area contributed by atoms with Gasteiger partial charge in [0.05, 0.1) is 11.0 Å². The van der Waals surface area contributed by atoms with Gasteiger partial charge < -0.3 is 39.8 Å². The predicted octanol–water partition coefficient (Wildman–Crippen LogP) is 11.0. The van der Waals surface area contributed by atoms with Crippen molar-refractivity contribution >= 4 is 68.3 Å². The van der Waals surface area contributed by atoms with E-state index in [0.29, 0.717) is 68.5 Å². The Kier molecular flexibility index (Phi) is 15.3. The van der Waals surface area contributed by atoms with Crippen LogP contribution < -0.4 is 10.6 Å². The van der Waals surface area contributed by atoms with Crippen molar-refractivity contribution in [2.75, 3.05) is 43.5 Å². The molecule has 2 aromatic carbocycles. The van der Waals surface area contributed by atoms with E-state index in [1.54, 1.807) is 54.0 Å². The van der Waals surface area contributed by atoms with E-state index in [1.807, 2.05) is 66.5 Å². The number of hydrogen-bond donors (Lipinski definition) is 3. The summed E-state index contributed by atoms with van der Waals surface area (Å²) in [6.45, 7) is 14.5. The maximum absolute atomic E-state index is 13.4. The molecule has 3 atom stereocenters. The van der Waals surface area contributed by atoms with Crippen molar-refractivity contribution in [3.63, 3.8) is 0 Å². The minimum absolute atomic E-state index is 0.159. The Morgan fingerprint density at radius 3 is 1.59 bits per heavy atom. The molecule has 6 aromatic rings. The van der Waals surface area contributed by atoms with E-state index in [2.05, 4.69) is 53.5 Å². The Hall–Kier alpha value is -7.44. The Bertz CT molecular complexity index is 3070. The summed E-state index contributed by atoms with van der Waals surface area (Å²) in [6.07, 6.45) is 16.1. The SMILES string of the molecule is CC(C)(C)C1CC(c2ccc3c(c2)c(C(=O)Nc2ccncc2)nn3C2CCCCO2)=CCN1C(=O)O.CC(C)(C)OC(=O)N1CC=C(c2ccc3c(c2)c(C(=O)Nc2ccncc2)nn3C2CCCCO2)CC1. The van der Waals surface area contributed by atoms with E-state index in [-0.39, 0.29) is 41.8 Å². The van der Waals surface area contributed by atoms with Crippen molar-refractivity contribution in [2.24, 2.45) is 5.41 Å². The molecule has 18 nitrogen and oxygen atoms in total. The van der Waals surface area contributed by atoms with E-state index in [9.17, 15) is 24.3 Å². The Morgan fingerprint density at radius 1 is 0.662 bits per heavy atom. The van der Waals surface area contributed by atoms with Gasteiger partial charge in [0.25, 0.3) is 11.8 Å². The molecular formula is C56H66N10O8. The summed E-state index contributed by atoms with van der Waals surface area (Å²) in [7, 11) is 0. The molecular weight excluding hydrogens is 941 g/mol. The van der Waals surface area contributed by atoms with E-state index in [1.165, 1.54) is 4.90 Å². The molecule has 8 heterocycles. The molecule has 10 rings (SSSR count). The first kappa shape index (κ1) is 51.5. The average molecular weight is 1010 g/mol. The van der Waals surface area contributed by atoms with Gasteiger partial charge >= 0.3 is 12.2 Å². The standard InChI is InChI=1S/2C28H33N5O4/c1-28(2,3)37-27(35)32-15-11-19(12-16-32)20-7-8-23-22(18-20)25(26(34)30-21-9-13-29-14-10-21)31-33(23)24-6-4-5-17-36-24;1-28(2,3)23-17-19(11-14-32(23)27(35)36)18-7-8-22-21(16-18)25(26(34)30-20-9-12-29-13-10-20)31-33(22)24-6-4-5-15-37-24/h7-11,13-14,18,24H,4-6,12,15-17H2,1-3H3,(H,29,30,34);7-13,16,23-24H,4-6,14-15,17H2,1-3H3,(H,35,36)(H,29,30,34). The van der Waals surface area contributed by atoms with Crippen LogP contribution in [-0.4, -0.2) is 113 Å². The van der Waals surface area contributed by atoms with Gasteiger partial charge in [-0.25, -0.2) is 19.0 Å². The average Bonchev–Trinajstić information content (AvgIpc) is 3.98. The van der Waals surface area contributed by atoms with Gasteiger partial charge in [0, 0.05) is 85.8 Å². The van der Waals surface area contributed by atoms with Crippen molar-refractivity contribution in [2.45, 2.75) is 117 Å². The second-order valence-electron chi connectivity index (χ2n) is 21.2. The number of benzene rings is 2. The largest absolute Gasteiger partial charge is 0.465 e. The van der Waals surface area contributed by atoms with Gasteiger partial charge in [-0.2, -0.15) is 10.2 Å². The summed E-state index contributed by atoms with van der Waals surface area (Å²) in [5, 5.41) is 26.6. The molecule has 0 radical (unpaired) electrons. The number of hydrogen-bond acceptors (Lipinski definition) is 11. The molecule has 2 fully saturated rings.